The summed E-state index contributed by atoms with van der Waals surface area (Å²) in [6, 6.07) is 7.83. The molecule has 30 heavy (non-hydrogen) atoms. The number of amides is 1. The molecule has 1 saturated heterocycles. The molecular weight excluding hydrogens is 401 g/mol. The maximum Gasteiger partial charge on any atom is 0.409 e. The topological polar surface area (TPSA) is 67.7 Å². The maximum absolute atomic E-state index is 13.8. The Balaban J connectivity index is 1.76. The number of hydrogen-bond donors (Lipinski definition) is 0. The number of nitrogens with zero attached hydrogens (tertiary/aromatic N) is 4. The average molecular weight is 422 g/mol. The van der Waals surface area contributed by atoms with Gasteiger partial charge in [0.2, 0.25) is 11.9 Å². The molecule has 2 aromatic rings. The molecule has 2 aliphatic rings. The molecule has 0 aliphatic carbocycles. The number of ether oxygens (including phenoxy) is 1. The van der Waals surface area contributed by atoms with E-state index in [0.717, 1.165) is 4.57 Å². The Morgan fingerprint density at radius 1 is 1.13 bits per heavy atom. The fourth-order valence-corrected chi connectivity index (χ4v) is 3.80. The van der Waals surface area contributed by atoms with Crippen molar-refractivity contribution < 1.29 is 22.7 Å². The molecular formula is C20H21F3N4O3. The Morgan fingerprint density at radius 2 is 1.83 bits per heavy atom. The van der Waals surface area contributed by atoms with Gasteiger partial charge in [0, 0.05) is 25.7 Å². The van der Waals surface area contributed by atoms with Crippen LogP contribution in [0.2, 0.25) is 0 Å². The number of fused-ring (bicyclic) bond motifs is 1. The van der Waals surface area contributed by atoms with Gasteiger partial charge < -0.3 is 9.64 Å². The van der Waals surface area contributed by atoms with E-state index in [0.29, 0.717) is 36.8 Å². The Hall–Kier alpha value is -2.88. The number of carbonyl (C=O) groups is 1. The van der Waals surface area contributed by atoms with Crippen LogP contribution in [-0.4, -0.2) is 54.0 Å². The summed E-state index contributed by atoms with van der Waals surface area (Å²) in [6.07, 6.45) is -5.25. The Labute approximate surface area is 170 Å². The Morgan fingerprint density at radius 3 is 2.50 bits per heavy atom. The van der Waals surface area contributed by atoms with Crippen LogP contribution in [0.3, 0.4) is 0 Å². The summed E-state index contributed by atoms with van der Waals surface area (Å²) in [7, 11) is 0. The molecule has 10 heteroatoms. The number of rotatable bonds is 3. The Kier molecular flexibility index (Phi) is 5.50. The van der Waals surface area contributed by atoms with Crippen molar-refractivity contribution in [2.24, 2.45) is 0 Å². The van der Waals surface area contributed by atoms with E-state index in [1.54, 1.807) is 35.2 Å². The number of aromatic nitrogens is 2. The highest BCUT2D eigenvalue weighted by molar-refractivity contribution is 5.94. The lowest BCUT2D eigenvalue weighted by Crippen LogP contribution is -2.55. The summed E-state index contributed by atoms with van der Waals surface area (Å²) in [4.78, 5) is 32.5. The monoisotopic (exact) mass is 422 g/mol. The van der Waals surface area contributed by atoms with Crippen molar-refractivity contribution in [3.8, 4) is 0 Å². The van der Waals surface area contributed by atoms with Crippen LogP contribution >= 0.6 is 0 Å². The van der Waals surface area contributed by atoms with Crippen LogP contribution in [0.25, 0.3) is 0 Å². The van der Waals surface area contributed by atoms with Gasteiger partial charge in [0.05, 0.1) is 19.6 Å². The van der Waals surface area contributed by atoms with Crippen LogP contribution in [0.15, 0.2) is 41.2 Å². The maximum atomic E-state index is 13.8. The second kappa shape index (κ2) is 8.10. The minimum atomic E-state index is -4.63. The summed E-state index contributed by atoms with van der Waals surface area (Å²) in [5.41, 5.74) is 0.117. The zero-order valence-corrected chi connectivity index (χ0v) is 16.1. The lowest BCUT2D eigenvalue weighted by atomic mass is 10.1. The second-order valence-electron chi connectivity index (χ2n) is 7.28. The van der Waals surface area contributed by atoms with E-state index >= 15 is 0 Å². The molecule has 0 N–H and O–H groups in total. The van der Waals surface area contributed by atoms with Gasteiger partial charge in [-0.1, -0.05) is 30.3 Å². The smallest absolute Gasteiger partial charge is 0.378 e. The van der Waals surface area contributed by atoms with E-state index < -0.39 is 30.1 Å². The largest absolute Gasteiger partial charge is 0.409 e. The number of alkyl halides is 3. The molecule has 1 fully saturated rings. The standard InChI is InChI=1S/C20H21F3N4O3/c21-20(22,23)15-6-7-26-17(28)13-16(25-8-10-30-11-9-25)24-19(26)27(15)18(29)12-14-4-2-1-3-5-14/h1-5,13,15H,6-12H2/t15-/m0/s1. The first-order chi connectivity index (χ1) is 14.3. The molecule has 1 aromatic carbocycles. The fraction of sp³-hybridized carbons (Fsp3) is 0.450. The molecule has 1 atom stereocenters. The van der Waals surface area contributed by atoms with Gasteiger partial charge in [-0.15, -0.1) is 0 Å². The lowest BCUT2D eigenvalue weighted by Gasteiger charge is -2.38. The zero-order valence-electron chi connectivity index (χ0n) is 16.1. The van der Waals surface area contributed by atoms with Crippen molar-refractivity contribution in [3.05, 3.63) is 52.3 Å². The van der Waals surface area contributed by atoms with Gasteiger partial charge >= 0.3 is 6.18 Å². The summed E-state index contributed by atoms with van der Waals surface area (Å²) in [5, 5.41) is 0. The van der Waals surface area contributed by atoms with Crippen LogP contribution in [0, 0.1) is 0 Å². The normalized spacial score (nSPS) is 19.5. The molecule has 160 valence electrons. The summed E-state index contributed by atoms with van der Waals surface area (Å²) < 4.78 is 47.8. The van der Waals surface area contributed by atoms with Crippen LogP contribution in [0.4, 0.5) is 24.9 Å². The SMILES string of the molecule is O=C(Cc1ccccc1)N1c2nc(N3CCOCC3)cc(=O)n2CC[C@H]1C(F)(F)F. The lowest BCUT2D eigenvalue weighted by molar-refractivity contribution is -0.157. The van der Waals surface area contributed by atoms with Gasteiger partial charge in [-0.25, -0.2) is 0 Å². The molecule has 0 saturated carbocycles. The van der Waals surface area contributed by atoms with Gasteiger partial charge in [0.25, 0.3) is 5.56 Å². The number of halogens is 3. The second-order valence-corrected chi connectivity index (χ2v) is 7.28. The molecule has 4 rings (SSSR count). The third kappa shape index (κ3) is 4.04. The minimum Gasteiger partial charge on any atom is -0.378 e. The van der Waals surface area contributed by atoms with Gasteiger partial charge in [0.1, 0.15) is 11.9 Å². The van der Waals surface area contributed by atoms with Crippen molar-refractivity contribution in [1.82, 2.24) is 9.55 Å². The van der Waals surface area contributed by atoms with Crippen LogP contribution in [0.1, 0.15) is 12.0 Å². The molecule has 1 amide bonds. The quantitative estimate of drug-likeness (QED) is 0.757. The fourth-order valence-electron chi connectivity index (χ4n) is 3.80. The first-order valence-electron chi connectivity index (χ1n) is 9.72. The third-order valence-electron chi connectivity index (χ3n) is 5.31. The van der Waals surface area contributed by atoms with Crippen molar-refractivity contribution >= 4 is 17.7 Å². The van der Waals surface area contributed by atoms with Crippen LogP contribution in [-0.2, 0) is 22.5 Å². The highest BCUT2D eigenvalue weighted by Crippen LogP contribution is 2.34. The number of morpholine rings is 1. The van der Waals surface area contributed by atoms with E-state index in [4.69, 9.17) is 4.74 Å². The molecule has 2 aliphatic heterocycles. The summed E-state index contributed by atoms with van der Waals surface area (Å²) in [6.45, 7) is 1.65. The predicted molar refractivity (Wildman–Crippen MR) is 104 cm³/mol. The molecule has 7 nitrogen and oxygen atoms in total. The number of hydrogen-bond acceptors (Lipinski definition) is 5. The van der Waals surface area contributed by atoms with Gasteiger partial charge in [0.15, 0.2) is 0 Å². The first kappa shape index (κ1) is 20.4. The van der Waals surface area contributed by atoms with E-state index in [-0.39, 0.29) is 24.7 Å². The molecule has 0 spiro atoms. The number of anilines is 2. The van der Waals surface area contributed by atoms with E-state index in [9.17, 15) is 22.8 Å². The zero-order chi connectivity index (χ0) is 21.3. The predicted octanol–water partition coefficient (Wildman–Crippen LogP) is 1.99. The van der Waals surface area contributed by atoms with Gasteiger partial charge in [-0.05, 0) is 12.0 Å². The van der Waals surface area contributed by atoms with Crippen LogP contribution < -0.4 is 15.4 Å². The van der Waals surface area contributed by atoms with Crippen LogP contribution in [0.5, 0.6) is 0 Å². The number of carbonyl (C=O) groups excluding carboxylic acids is 1. The van der Waals surface area contributed by atoms with Crippen molar-refractivity contribution in [2.75, 3.05) is 36.1 Å². The molecule has 0 radical (unpaired) electrons. The minimum absolute atomic E-state index is 0.149. The van der Waals surface area contributed by atoms with Crippen molar-refractivity contribution in [3.63, 3.8) is 0 Å². The van der Waals surface area contributed by atoms with Gasteiger partial charge in [-0.2, -0.15) is 18.2 Å². The molecule has 3 heterocycles. The highest BCUT2D eigenvalue weighted by atomic mass is 19.4. The van der Waals surface area contributed by atoms with Gasteiger partial charge in [-0.3, -0.25) is 19.1 Å². The van der Waals surface area contributed by atoms with Crippen molar-refractivity contribution in [2.45, 2.75) is 31.6 Å². The first-order valence-corrected chi connectivity index (χ1v) is 9.72. The highest BCUT2D eigenvalue weighted by Gasteiger charge is 2.49. The molecule has 0 bridgehead atoms. The molecule has 1 aromatic heterocycles. The molecule has 0 unspecified atom stereocenters. The average Bonchev–Trinajstić information content (AvgIpc) is 2.73. The number of benzene rings is 1. The van der Waals surface area contributed by atoms with E-state index in [2.05, 4.69) is 4.98 Å². The third-order valence-corrected chi connectivity index (χ3v) is 5.31. The van der Waals surface area contributed by atoms with E-state index in [1.807, 2.05) is 0 Å². The summed E-state index contributed by atoms with van der Waals surface area (Å²) in [5.74, 6) is -0.739. The van der Waals surface area contributed by atoms with E-state index in [1.165, 1.54) is 6.07 Å². The van der Waals surface area contributed by atoms with Crippen molar-refractivity contribution in [1.29, 1.82) is 0 Å². The summed E-state index contributed by atoms with van der Waals surface area (Å²) >= 11 is 0. The Bertz CT molecular complexity index is 971.